The number of benzene rings is 1. The Morgan fingerprint density at radius 2 is 1.87 bits per heavy atom. The third-order valence-electron chi connectivity index (χ3n) is 3.20. The van der Waals surface area contributed by atoms with E-state index >= 15 is 0 Å². The molecule has 3 aromatic rings. The molecule has 5 nitrogen and oxygen atoms in total. The van der Waals surface area contributed by atoms with Gasteiger partial charge in [0, 0.05) is 11.8 Å². The fourth-order valence-corrected chi connectivity index (χ4v) is 2.73. The molecule has 0 aliphatic rings. The molecule has 1 N–H and O–H groups in total. The molecule has 0 aliphatic heterocycles. The molecule has 0 saturated heterocycles. The number of carbonyl (C=O) groups is 1. The van der Waals surface area contributed by atoms with Crippen molar-refractivity contribution in [1.29, 1.82) is 0 Å². The highest BCUT2D eigenvalue weighted by Gasteiger charge is 2.25. The number of nitrogens with one attached hydrogen (secondary N) is 1. The van der Waals surface area contributed by atoms with Crippen molar-refractivity contribution in [3.8, 4) is 11.3 Å². The molecular weight excluding hydrogens is 337 g/mol. The first-order valence-corrected chi connectivity index (χ1v) is 7.46. The lowest BCUT2D eigenvalue weighted by molar-refractivity contribution is 0.102. The SMILES string of the molecule is Cc1onc(-c2c(Cl)cccc2Cl)c1C(=O)Nc1ccccn1. The minimum atomic E-state index is -0.395. The Hall–Kier alpha value is -2.37. The highest BCUT2D eigenvalue weighted by molar-refractivity contribution is 6.39. The molecule has 0 spiro atoms. The summed E-state index contributed by atoms with van der Waals surface area (Å²) in [5, 5.41) is 7.42. The summed E-state index contributed by atoms with van der Waals surface area (Å²) in [6, 6.07) is 10.3. The number of nitrogens with zero attached hydrogens (tertiary/aromatic N) is 2. The molecule has 23 heavy (non-hydrogen) atoms. The summed E-state index contributed by atoms with van der Waals surface area (Å²) >= 11 is 12.4. The number of pyridine rings is 1. The molecule has 1 aromatic carbocycles. The third-order valence-corrected chi connectivity index (χ3v) is 3.83. The molecule has 0 radical (unpaired) electrons. The van der Waals surface area contributed by atoms with Gasteiger partial charge in [-0.1, -0.05) is 40.5 Å². The number of aryl methyl sites for hydroxylation is 1. The standard InChI is InChI=1S/C16H11Cl2N3O2/c1-9-13(16(22)20-12-7-2-3-8-19-12)15(21-23-9)14-10(17)5-4-6-11(14)18/h2-8H,1H3,(H,19,20,22). The summed E-state index contributed by atoms with van der Waals surface area (Å²) in [6.45, 7) is 1.65. The maximum Gasteiger partial charge on any atom is 0.262 e. The lowest BCUT2D eigenvalue weighted by atomic mass is 10.1. The number of anilines is 1. The van der Waals surface area contributed by atoms with Crippen LogP contribution in [0.3, 0.4) is 0 Å². The largest absolute Gasteiger partial charge is 0.360 e. The van der Waals surface area contributed by atoms with Crippen LogP contribution in [-0.4, -0.2) is 16.0 Å². The normalized spacial score (nSPS) is 10.6. The molecule has 0 unspecified atom stereocenters. The van der Waals surface area contributed by atoms with Gasteiger partial charge >= 0.3 is 0 Å². The second kappa shape index (κ2) is 6.40. The van der Waals surface area contributed by atoms with Crippen LogP contribution >= 0.6 is 23.2 Å². The van der Waals surface area contributed by atoms with E-state index in [1.807, 2.05) is 0 Å². The van der Waals surface area contributed by atoms with E-state index in [9.17, 15) is 4.79 Å². The maximum atomic E-state index is 12.6. The number of amides is 1. The van der Waals surface area contributed by atoms with Crippen LogP contribution in [0.4, 0.5) is 5.82 Å². The minimum absolute atomic E-state index is 0.269. The Bertz CT molecular complexity index is 843. The van der Waals surface area contributed by atoms with Crippen molar-refractivity contribution < 1.29 is 9.32 Å². The Kier molecular flexibility index (Phi) is 4.32. The second-order valence-electron chi connectivity index (χ2n) is 4.73. The molecule has 0 saturated carbocycles. The minimum Gasteiger partial charge on any atom is -0.360 e. The van der Waals surface area contributed by atoms with Crippen LogP contribution in [-0.2, 0) is 0 Å². The zero-order valence-electron chi connectivity index (χ0n) is 12.0. The topological polar surface area (TPSA) is 68.0 Å². The molecule has 0 fully saturated rings. The molecule has 2 aromatic heterocycles. The lowest BCUT2D eigenvalue weighted by Crippen LogP contribution is -2.14. The smallest absolute Gasteiger partial charge is 0.262 e. The number of halogens is 2. The first-order chi connectivity index (χ1) is 11.1. The van der Waals surface area contributed by atoms with Gasteiger partial charge in [-0.05, 0) is 31.2 Å². The van der Waals surface area contributed by atoms with Crippen molar-refractivity contribution in [2.24, 2.45) is 0 Å². The first kappa shape index (κ1) is 15.5. The van der Waals surface area contributed by atoms with E-state index in [2.05, 4.69) is 15.5 Å². The summed E-state index contributed by atoms with van der Waals surface area (Å²) in [6.07, 6.45) is 1.59. The highest BCUT2D eigenvalue weighted by Crippen LogP contribution is 2.36. The van der Waals surface area contributed by atoms with Gasteiger partial charge in [0.2, 0.25) is 0 Å². The Balaban J connectivity index is 2.04. The predicted octanol–water partition coefficient (Wildman–Crippen LogP) is 4.60. The second-order valence-corrected chi connectivity index (χ2v) is 5.54. The molecule has 116 valence electrons. The third kappa shape index (κ3) is 3.06. The van der Waals surface area contributed by atoms with Crippen LogP contribution in [0.5, 0.6) is 0 Å². The van der Waals surface area contributed by atoms with Crippen LogP contribution in [0.1, 0.15) is 16.1 Å². The Morgan fingerprint density at radius 1 is 1.13 bits per heavy atom. The molecule has 0 atom stereocenters. The van der Waals surface area contributed by atoms with Crippen LogP contribution in [0, 0.1) is 6.92 Å². The summed E-state index contributed by atoms with van der Waals surface area (Å²) in [4.78, 5) is 16.6. The van der Waals surface area contributed by atoms with Gasteiger partial charge in [0.25, 0.3) is 5.91 Å². The predicted molar refractivity (Wildman–Crippen MR) is 88.9 cm³/mol. The number of carbonyl (C=O) groups excluding carboxylic acids is 1. The van der Waals surface area contributed by atoms with Gasteiger partial charge in [0.15, 0.2) is 0 Å². The van der Waals surface area contributed by atoms with Crippen LogP contribution in [0.2, 0.25) is 10.0 Å². The monoisotopic (exact) mass is 347 g/mol. The highest BCUT2D eigenvalue weighted by atomic mass is 35.5. The molecular formula is C16H11Cl2N3O2. The van der Waals surface area contributed by atoms with E-state index in [-0.39, 0.29) is 5.56 Å². The maximum absolute atomic E-state index is 12.6. The van der Waals surface area contributed by atoms with Gasteiger partial charge in [-0.25, -0.2) is 4.98 Å². The molecule has 3 rings (SSSR count). The van der Waals surface area contributed by atoms with E-state index in [1.54, 1.807) is 49.5 Å². The van der Waals surface area contributed by atoms with Crippen molar-refractivity contribution in [2.45, 2.75) is 6.92 Å². The summed E-state index contributed by atoms with van der Waals surface area (Å²) in [5.74, 6) is 0.396. The molecule has 0 aliphatic carbocycles. The van der Waals surface area contributed by atoms with Crippen LogP contribution in [0.25, 0.3) is 11.3 Å². The first-order valence-electron chi connectivity index (χ1n) is 6.71. The molecule has 2 heterocycles. The zero-order chi connectivity index (χ0) is 16.4. The fourth-order valence-electron chi connectivity index (χ4n) is 2.15. The van der Waals surface area contributed by atoms with Crippen molar-refractivity contribution in [2.75, 3.05) is 5.32 Å². The van der Waals surface area contributed by atoms with Gasteiger partial charge in [-0.15, -0.1) is 0 Å². The Morgan fingerprint density at radius 3 is 2.52 bits per heavy atom. The quantitative estimate of drug-likeness (QED) is 0.751. The van der Waals surface area contributed by atoms with Gasteiger partial charge in [0.1, 0.15) is 22.8 Å². The number of hydrogen-bond acceptors (Lipinski definition) is 4. The molecule has 0 bridgehead atoms. The van der Waals surface area contributed by atoms with Gasteiger partial charge in [0.05, 0.1) is 10.0 Å². The lowest BCUT2D eigenvalue weighted by Gasteiger charge is -2.07. The van der Waals surface area contributed by atoms with Crippen molar-refractivity contribution in [1.82, 2.24) is 10.1 Å². The number of hydrogen-bond donors (Lipinski definition) is 1. The summed E-state index contributed by atoms with van der Waals surface area (Å²) in [5.41, 5.74) is 1.02. The van der Waals surface area contributed by atoms with Crippen molar-refractivity contribution >= 4 is 34.9 Å². The van der Waals surface area contributed by atoms with E-state index in [4.69, 9.17) is 27.7 Å². The van der Waals surface area contributed by atoms with E-state index in [0.717, 1.165) is 0 Å². The average Bonchev–Trinajstić information content (AvgIpc) is 2.90. The van der Waals surface area contributed by atoms with E-state index < -0.39 is 5.91 Å². The summed E-state index contributed by atoms with van der Waals surface area (Å²) in [7, 11) is 0. The number of aromatic nitrogens is 2. The van der Waals surface area contributed by atoms with Crippen molar-refractivity contribution in [3.05, 3.63) is 64.0 Å². The number of rotatable bonds is 3. The molecule has 7 heteroatoms. The average molecular weight is 348 g/mol. The van der Waals surface area contributed by atoms with Crippen LogP contribution < -0.4 is 5.32 Å². The van der Waals surface area contributed by atoms with E-state index in [1.165, 1.54) is 0 Å². The van der Waals surface area contributed by atoms with Crippen LogP contribution in [0.15, 0.2) is 47.1 Å². The zero-order valence-corrected chi connectivity index (χ0v) is 13.5. The fraction of sp³-hybridized carbons (Fsp3) is 0.0625. The van der Waals surface area contributed by atoms with Crippen molar-refractivity contribution in [3.63, 3.8) is 0 Å². The van der Waals surface area contributed by atoms with Gasteiger partial charge < -0.3 is 9.84 Å². The van der Waals surface area contributed by atoms with Gasteiger partial charge in [-0.3, -0.25) is 4.79 Å². The van der Waals surface area contributed by atoms with E-state index in [0.29, 0.717) is 32.9 Å². The summed E-state index contributed by atoms with van der Waals surface area (Å²) < 4.78 is 5.17. The Labute approximate surface area is 142 Å². The molecule has 1 amide bonds. The van der Waals surface area contributed by atoms with Gasteiger partial charge in [-0.2, -0.15) is 0 Å².